The van der Waals surface area contributed by atoms with E-state index in [-0.39, 0.29) is 5.91 Å². The van der Waals surface area contributed by atoms with Crippen LogP contribution in [0.3, 0.4) is 0 Å². The van der Waals surface area contributed by atoms with Crippen molar-refractivity contribution in [2.24, 2.45) is 0 Å². The number of aromatic nitrogens is 3. The van der Waals surface area contributed by atoms with Gasteiger partial charge < -0.3 is 9.42 Å². The maximum Gasteiger partial charge on any atom is 0.227 e. The molecule has 0 aromatic carbocycles. The van der Waals surface area contributed by atoms with Gasteiger partial charge in [-0.15, -0.1) is 0 Å². The number of aromatic amines is 1. The molecule has 1 saturated heterocycles. The molecule has 6 nitrogen and oxygen atoms in total. The molecular formula is C15H20N4O2. The predicted octanol–water partition coefficient (Wildman–Crippen LogP) is 1.96. The predicted molar refractivity (Wildman–Crippen MR) is 76.8 cm³/mol. The Kier molecular flexibility index (Phi) is 3.77. The largest absolute Gasteiger partial charge is 0.361 e. The Balaban J connectivity index is 1.67. The molecule has 1 amide bonds. The summed E-state index contributed by atoms with van der Waals surface area (Å²) in [5.41, 5.74) is 2.84. The first kappa shape index (κ1) is 13.9. The quantitative estimate of drug-likeness (QED) is 0.937. The SMILES string of the molecule is Cc1noc(C)c1CC(=O)N1CCCC(c2ccn[nH]2)C1. The molecule has 112 valence electrons. The summed E-state index contributed by atoms with van der Waals surface area (Å²) >= 11 is 0. The van der Waals surface area contributed by atoms with E-state index in [0.717, 1.165) is 48.6 Å². The summed E-state index contributed by atoms with van der Waals surface area (Å²) in [4.78, 5) is 14.5. The molecule has 1 aliphatic heterocycles. The van der Waals surface area contributed by atoms with Crippen LogP contribution in [0.15, 0.2) is 16.8 Å². The lowest BCUT2D eigenvalue weighted by molar-refractivity contribution is -0.131. The van der Waals surface area contributed by atoms with Gasteiger partial charge in [0.2, 0.25) is 5.91 Å². The van der Waals surface area contributed by atoms with Crippen molar-refractivity contribution in [1.82, 2.24) is 20.3 Å². The van der Waals surface area contributed by atoms with Crippen molar-refractivity contribution in [3.05, 3.63) is 35.0 Å². The van der Waals surface area contributed by atoms with Crippen LogP contribution < -0.4 is 0 Å². The number of nitrogens with zero attached hydrogens (tertiary/aromatic N) is 3. The summed E-state index contributed by atoms with van der Waals surface area (Å²) in [6.07, 6.45) is 4.26. The van der Waals surface area contributed by atoms with Gasteiger partial charge in [-0.25, -0.2) is 0 Å². The van der Waals surface area contributed by atoms with Gasteiger partial charge in [-0.05, 0) is 32.8 Å². The van der Waals surface area contributed by atoms with E-state index in [1.54, 1.807) is 6.20 Å². The third-order valence-electron chi connectivity index (χ3n) is 4.25. The van der Waals surface area contributed by atoms with Crippen LogP contribution in [0.2, 0.25) is 0 Å². The van der Waals surface area contributed by atoms with Crippen molar-refractivity contribution in [1.29, 1.82) is 0 Å². The van der Waals surface area contributed by atoms with E-state index in [4.69, 9.17) is 4.52 Å². The van der Waals surface area contributed by atoms with Gasteiger partial charge in [0.1, 0.15) is 5.76 Å². The average Bonchev–Trinajstić information content (AvgIpc) is 3.13. The van der Waals surface area contributed by atoms with Gasteiger partial charge >= 0.3 is 0 Å². The summed E-state index contributed by atoms with van der Waals surface area (Å²) in [6, 6.07) is 1.99. The lowest BCUT2D eigenvalue weighted by atomic mass is 9.94. The minimum atomic E-state index is 0.147. The van der Waals surface area contributed by atoms with Crippen molar-refractivity contribution in [2.45, 2.75) is 39.0 Å². The van der Waals surface area contributed by atoms with E-state index in [1.165, 1.54) is 0 Å². The van der Waals surface area contributed by atoms with E-state index in [2.05, 4.69) is 15.4 Å². The fraction of sp³-hybridized carbons (Fsp3) is 0.533. The molecule has 6 heteroatoms. The van der Waals surface area contributed by atoms with Crippen LogP contribution >= 0.6 is 0 Å². The molecular weight excluding hydrogens is 268 g/mol. The zero-order valence-electron chi connectivity index (χ0n) is 12.4. The molecule has 0 bridgehead atoms. The average molecular weight is 288 g/mol. The normalized spacial score (nSPS) is 19.0. The Morgan fingerprint density at radius 3 is 3.05 bits per heavy atom. The van der Waals surface area contributed by atoms with Crippen LogP contribution in [-0.4, -0.2) is 39.3 Å². The number of nitrogens with one attached hydrogen (secondary N) is 1. The minimum absolute atomic E-state index is 0.147. The number of rotatable bonds is 3. The standard InChI is InChI=1S/C15H20N4O2/c1-10-13(11(2)21-18-10)8-15(20)19-7-3-4-12(9-19)14-5-6-16-17-14/h5-6,12H,3-4,7-9H2,1-2H3,(H,16,17). The highest BCUT2D eigenvalue weighted by Crippen LogP contribution is 2.26. The number of amides is 1. The number of carbonyl (C=O) groups excluding carboxylic acids is 1. The molecule has 0 radical (unpaired) electrons. The molecule has 1 unspecified atom stereocenters. The minimum Gasteiger partial charge on any atom is -0.361 e. The van der Waals surface area contributed by atoms with Gasteiger partial charge in [0.25, 0.3) is 0 Å². The maximum atomic E-state index is 12.5. The Morgan fingerprint density at radius 2 is 2.38 bits per heavy atom. The molecule has 1 atom stereocenters. The van der Waals surface area contributed by atoms with Crippen LogP contribution in [0, 0.1) is 13.8 Å². The number of aryl methyl sites for hydroxylation is 2. The number of carbonyl (C=O) groups is 1. The second-order valence-electron chi connectivity index (χ2n) is 5.67. The molecule has 1 N–H and O–H groups in total. The second-order valence-corrected chi connectivity index (χ2v) is 5.67. The summed E-state index contributed by atoms with van der Waals surface area (Å²) < 4.78 is 5.13. The summed E-state index contributed by atoms with van der Waals surface area (Å²) in [5, 5.41) is 10.9. The lowest BCUT2D eigenvalue weighted by Gasteiger charge is -2.32. The van der Waals surface area contributed by atoms with Crippen LogP contribution in [0.1, 0.15) is 41.5 Å². The van der Waals surface area contributed by atoms with E-state index in [9.17, 15) is 4.79 Å². The number of piperidine rings is 1. The lowest BCUT2D eigenvalue weighted by Crippen LogP contribution is -2.40. The van der Waals surface area contributed by atoms with Gasteiger partial charge in [0.05, 0.1) is 12.1 Å². The highest BCUT2D eigenvalue weighted by atomic mass is 16.5. The van der Waals surface area contributed by atoms with E-state index >= 15 is 0 Å². The summed E-state index contributed by atoms with van der Waals surface area (Å²) in [5.74, 6) is 1.24. The van der Waals surface area contributed by atoms with Crippen molar-refractivity contribution in [3.63, 3.8) is 0 Å². The molecule has 2 aromatic heterocycles. The fourth-order valence-electron chi connectivity index (χ4n) is 2.97. The Labute approximate surface area is 123 Å². The van der Waals surface area contributed by atoms with Crippen molar-refractivity contribution in [2.75, 3.05) is 13.1 Å². The second kappa shape index (κ2) is 5.71. The van der Waals surface area contributed by atoms with Gasteiger partial charge in [-0.2, -0.15) is 5.10 Å². The number of hydrogen-bond donors (Lipinski definition) is 1. The fourth-order valence-corrected chi connectivity index (χ4v) is 2.97. The van der Waals surface area contributed by atoms with Gasteiger partial charge in [0, 0.05) is 36.5 Å². The first-order chi connectivity index (χ1) is 10.1. The van der Waals surface area contributed by atoms with Crippen molar-refractivity contribution >= 4 is 5.91 Å². The van der Waals surface area contributed by atoms with E-state index in [0.29, 0.717) is 12.3 Å². The molecule has 0 spiro atoms. The third kappa shape index (κ3) is 2.84. The number of hydrogen-bond acceptors (Lipinski definition) is 4. The topological polar surface area (TPSA) is 75.0 Å². The Bertz CT molecular complexity index is 598. The van der Waals surface area contributed by atoms with Crippen LogP contribution in [-0.2, 0) is 11.2 Å². The zero-order valence-corrected chi connectivity index (χ0v) is 12.4. The van der Waals surface area contributed by atoms with E-state index < -0.39 is 0 Å². The maximum absolute atomic E-state index is 12.5. The highest BCUT2D eigenvalue weighted by Gasteiger charge is 2.26. The van der Waals surface area contributed by atoms with Crippen LogP contribution in [0.4, 0.5) is 0 Å². The molecule has 1 fully saturated rings. The first-order valence-corrected chi connectivity index (χ1v) is 7.34. The van der Waals surface area contributed by atoms with Crippen molar-refractivity contribution in [3.8, 4) is 0 Å². The van der Waals surface area contributed by atoms with E-state index in [1.807, 2.05) is 24.8 Å². The molecule has 0 aliphatic carbocycles. The van der Waals surface area contributed by atoms with Gasteiger partial charge in [0.15, 0.2) is 0 Å². The van der Waals surface area contributed by atoms with Gasteiger partial charge in [-0.3, -0.25) is 9.89 Å². The number of likely N-dealkylation sites (tertiary alicyclic amines) is 1. The Hall–Kier alpha value is -2.11. The third-order valence-corrected chi connectivity index (χ3v) is 4.25. The van der Waals surface area contributed by atoms with Crippen LogP contribution in [0.5, 0.6) is 0 Å². The summed E-state index contributed by atoms with van der Waals surface area (Å²) in [7, 11) is 0. The highest BCUT2D eigenvalue weighted by molar-refractivity contribution is 5.79. The molecule has 2 aromatic rings. The number of H-pyrrole nitrogens is 1. The Morgan fingerprint density at radius 1 is 1.52 bits per heavy atom. The molecule has 3 heterocycles. The summed E-state index contributed by atoms with van der Waals surface area (Å²) in [6.45, 7) is 5.31. The zero-order chi connectivity index (χ0) is 14.8. The molecule has 3 rings (SSSR count). The molecule has 0 saturated carbocycles. The molecule has 21 heavy (non-hydrogen) atoms. The monoisotopic (exact) mass is 288 g/mol. The smallest absolute Gasteiger partial charge is 0.227 e. The molecule has 1 aliphatic rings. The van der Waals surface area contributed by atoms with Crippen molar-refractivity contribution < 1.29 is 9.32 Å². The van der Waals surface area contributed by atoms with Gasteiger partial charge in [-0.1, -0.05) is 5.16 Å². The first-order valence-electron chi connectivity index (χ1n) is 7.34. The van der Waals surface area contributed by atoms with Crippen LogP contribution in [0.25, 0.3) is 0 Å².